The Hall–Kier alpha value is -0.620. The van der Waals surface area contributed by atoms with E-state index in [0.29, 0.717) is 12.8 Å². The second-order valence-electron chi connectivity index (χ2n) is 12.1. The van der Waals surface area contributed by atoms with Gasteiger partial charge >= 0.3 is 11.9 Å². The molecular weight excluding hydrogens is 580 g/mol. The van der Waals surface area contributed by atoms with Crippen LogP contribution in [0.2, 0.25) is 0 Å². The summed E-state index contributed by atoms with van der Waals surface area (Å²) < 4.78 is 15.9. The number of carbonyl (C=O) groups is 2. The van der Waals surface area contributed by atoms with E-state index in [4.69, 9.17) is 13.3 Å². The molecule has 0 aliphatic heterocycles. The molecule has 0 aromatic rings. The summed E-state index contributed by atoms with van der Waals surface area (Å²) in [5, 5.41) is 0. The van der Waals surface area contributed by atoms with Crippen LogP contribution in [-0.4, -0.2) is 31.3 Å². The molecule has 1 atom stereocenters. The number of hydrogen-bond acceptors (Lipinski definition) is 5. The lowest BCUT2D eigenvalue weighted by Gasteiger charge is -2.16. The van der Waals surface area contributed by atoms with Crippen molar-refractivity contribution in [2.45, 2.75) is 200 Å². The Labute approximate surface area is 263 Å². The molecule has 41 heavy (non-hydrogen) atoms. The van der Waals surface area contributed by atoms with Crippen molar-refractivity contribution in [3.8, 4) is 0 Å². The minimum atomic E-state index is -0.570. The van der Waals surface area contributed by atoms with Crippen molar-refractivity contribution in [2.75, 3.05) is 13.2 Å². The highest BCUT2D eigenvalue weighted by molar-refractivity contribution is 9.06. The number of esters is 2. The fraction of sp³-hybridized carbons (Fsp3) is 0.943. The van der Waals surface area contributed by atoms with Crippen molar-refractivity contribution in [1.29, 1.82) is 0 Å². The lowest BCUT2D eigenvalue weighted by molar-refractivity contribution is -0.160. The van der Waals surface area contributed by atoms with Crippen molar-refractivity contribution in [3.05, 3.63) is 0 Å². The zero-order valence-electron chi connectivity index (χ0n) is 27.2. The Bertz CT molecular complexity index is 557. The van der Waals surface area contributed by atoms with E-state index in [9.17, 15) is 9.59 Å². The molecule has 0 heterocycles. The largest absolute Gasteiger partial charge is 0.462 e. The molecule has 0 aromatic heterocycles. The molecule has 5 nitrogen and oxygen atoms in total. The molecule has 0 spiro atoms. The average Bonchev–Trinajstić information content (AvgIpc) is 2.96. The van der Waals surface area contributed by atoms with Crippen molar-refractivity contribution in [1.82, 2.24) is 0 Å². The SMILES string of the molecule is CCCCCCCCCCCCCCCC(=O)OCC(COBr)OC(=O)CCCCCCCCCCCCCCC. The zero-order chi connectivity index (χ0) is 30.1. The Morgan fingerprint density at radius 1 is 0.463 bits per heavy atom. The summed E-state index contributed by atoms with van der Waals surface area (Å²) in [6, 6.07) is 0. The fourth-order valence-electron chi connectivity index (χ4n) is 5.26. The van der Waals surface area contributed by atoms with Crippen LogP contribution >= 0.6 is 16.3 Å². The van der Waals surface area contributed by atoms with Crippen LogP contribution in [0.5, 0.6) is 0 Å². The highest BCUT2D eigenvalue weighted by Crippen LogP contribution is 2.15. The van der Waals surface area contributed by atoms with Gasteiger partial charge in [0.2, 0.25) is 0 Å². The van der Waals surface area contributed by atoms with Crippen LogP contribution in [-0.2, 0) is 22.9 Å². The number of hydrogen-bond donors (Lipinski definition) is 0. The molecule has 0 amide bonds. The van der Waals surface area contributed by atoms with E-state index >= 15 is 0 Å². The first-order valence-corrected chi connectivity index (χ1v) is 18.4. The monoisotopic (exact) mass is 646 g/mol. The molecule has 0 aromatic carbocycles. The zero-order valence-corrected chi connectivity index (χ0v) is 28.8. The quantitative estimate of drug-likeness (QED) is 0.0524. The highest BCUT2D eigenvalue weighted by atomic mass is 79.9. The van der Waals surface area contributed by atoms with Crippen molar-refractivity contribution in [2.24, 2.45) is 0 Å². The first-order valence-electron chi connectivity index (χ1n) is 17.7. The first kappa shape index (κ1) is 40.4. The number of halogens is 1. The average molecular weight is 648 g/mol. The normalized spacial score (nSPS) is 12.0. The predicted octanol–water partition coefficient (Wildman–Crippen LogP) is 11.7. The van der Waals surface area contributed by atoms with E-state index in [1.165, 1.54) is 141 Å². The van der Waals surface area contributed by atoms with Crippen LogP contribution < -0.4 is 0 Å². The van der Waals surface area contributed by atoms with Gasteiger partial charge in [-0.05, 0) is 12.8 Å². The summed E-state index contributed by atoms with van der Waals surface area (Å²) in [6.07, 6.45) is 33.5. The molecule has 0 radical (unpaired) electrons. The van der Waals surface area contributed by atoms with E-state index in [1.54, 1.807) is 0 Å². The Balaban J connectivity index is 3.63. The molecule has 0 aliphatic rings. The van der Waals surface area contributed by atoms with Gasteiger partial charge in [-0.15, -0.1) is 0 Å². The molecule has 0 bridgehead atoms. The number of unbranched alkanes of at least 4 members (excludes halogenated alkanes) is 24. The highest BCUT2D eigenvalue weighted by Gasteiger charge is 2.17. The Kier molecular flexibility index (Phi) is 33.4. The van der Waals surface area contributed by atoms with Crippen LogP contribution in [0.25, 0.3) is 0 Å². The van der Waals surface area contributed by atoms with Gasteiger partial charge in [0.1, 0.15) is 13.2 Å². The van der Waals surface area contributed by atoms with Crippen LogP contribution in [0, 0.1) is 0 Å². The summed E-state index contributed by atoms with van der Waals surface area (Å²) in [7, 11) is 0. The maximum Gasteiger partial charge on any atom is 0.306 e. The van der Waals surface area contributed by atoms with Gasteiger partial charge in [0.05, 0.1) is 16.3 Å². The maximum absolute atomic E-state index is 12.2. The van der Waals surface area contributed by atoms with Gasteiger partial charge in [-0.1, -0.05) is 168 Å². The second kappa shape index (κ2) is 33.9. The Morgan fingerprint density at radius 3 is 1.12 bits per heavy atom. The maximum atomic E-state index is 12.2. The van der Waals surface area contributed by atoms with E-state index < -0.39 is 6.10 Å². The summed E-state index contributed by atoms with van der Waals surface area (Å²) in [6.45, 7) is 4.74. The molecule has 1 unspecified atom stereocenters. The van der Waals surface area contributed by atoms with Crippen molar-refractivity contribution < 1.29 is 22.9 Å². The van der Waals surface area contributed by atoms with Gasteiger partial charge < -0.3 is 13.3 Å². The Morgan fingerprint density at radius 2 is 0.780 bits per heavy atom. The van der Waals surface area contributed by atoms with Crippen LogP contribution in [0.4, 0.5) is 0 Å². The lowest BCUT2D eigenvalue weighted by atomic mass is 10.0. The minimum absolute atomic E-state index is 0.0488. The number of rotatable bonds is 33. The third-order valence-corrected chi connectivity index (χ3v) is 8.21. The van der Waals surface area contributed by atoms with Gasteiger partial charge in [0.15, 0.2) is 6.10 Å². The van der Waals surface area contributed by atoms with E-state index in [1.807, 2.05) is 0 Å². The van der Waals surface area contributed by atoms with Crippen LogP contribution in [0.3, 0.4) is 0 Å². The molecule has 0 saturated carbocycles. The molecule has 0 N–H and O–H groups in total. The van der Waals surface area contributed by atoms with Crippen molar-refractivity contribution in [3.63, 3.8) is 0 Å². The van der Waals surface area contributed by atoms with Gasteiger partial charge in [-0.2, -0.15) is 0 Å². The summed E-state index contributed by atoms with van der Waals surface area (Å²) in [5.41, 5.74) is 0. The van der Waals surface area contributed by atoms with Gasteiger partial charge in [-0.3, -0.25) is 9.59 Å². The van der Waals surface area contributed by atoms with E-state index in [0.717, 1.165) is 25.7 Å². The molecule has 0 fully saturated rings. The van der Waals surface area contributed by atoms with E-state index in [-0.39, 0.29) is 25.2 Å². The topological polar surface area (TPSA) is 61.8 Å². The molecule has 0 rings (SSSR count). The van der Waals surface area contributed by atoms with E-state index in [2.05, 4.69) is 30.1 Å². The smallest absolute Gasteiger partial charge is 0.306 e. The second-order valence-corrected chi connectivity index (χ2v) is 12.5. The van der Waals surface area contributed by atoms with Crippen molar-refractivity contribution >= 4 is 28.2 Å². The van der Waals surface area contributed by atoms with Gasteiger partial charge in [-0.25, -0.2) is 0 Å². The summed E-state index contributed by atoms with van der Waals surface area (Å²) >= 11 is 2.93. The number of carbonyl (C=O) groups excluding carboxylic acids is 2. The summed E-state index contributed by atoms with van der Waals surface area (Å²) in [5.74, 6) is -0.463. The third-order valence-electron chi connectivity index (χ3n) is 7.95. The number of ether oxygens (including phenoxy) is 2. The molecular formula is C35H67BrO5. The summed E-state index contributed by atoms with van der Waals surface area (Å²) in [4.78, 5) is 24.4. The van der Waals surface area contributed by atoms with Gasteiger partial charge in [0, 0.05) is 12.8 Å². The molecule has 244 valence electrons. The third kappa shape index (κ3) is 32.1. The fourth-order valence-corrected chi connectivity index (χ4v) is 5.56. The standard InChI is InChI=1S/C35H67BrO5/c1-3-5-7-9-11-13-15-17-19-21-23-25-27-29-34(37)39-31-33(32-40-36)41-35(38)30-28-26-24-22-20-18-16-14-12-10-8-6-4-2/h33H,3-32H2,1-2H3. The minimum Gasteiger partial charge on any atom is -0.462 e. The predicted molar refractivity (Wildman–Crippen MR) is 176 cm³/mol. The molecule has 0 aliphatic carbocycles. The molecule has 0 saturated heterocycles. The molecule has 6 heteroatoms. The van der Waals surface area contributed by atoms with Crippen LogP contribution in [0.1, 0.15) is 194 Å². The van der Waals surface area contributed by atoms with Crippen LogP contribution in [0.15, 0.2) is 0 Å². The lowest BCUT2D eigenvalue weighted by Crippen LogP contribution is -2.28. The first-order chi connectivity index (χ1) is 20.1. The van der Waals surface area contributed by atoms with Gasteiger partial charge in [0.25, 0.3) is 0 Å².